The van der Waals surface area contributed by atoms with E-state index < -0.39 is 0 Å². The number of nitrogens with zero attached hydrogens (tertiary/aromatic N) is 2. The van der Waals surface area contributed by atoms with Crippen molar-refractivity contribution in [3.63, 3.8) is 0 Å². The summed E-state index contributed by atoms with van der Waals surface area (Å²) in [4.78, 5) is 9.95. The quantitative estimate of drug-likeness (QED) is 0.735. The highest BCUT2D eigenvalue weighted by molar-refractivity contribution is 5.32. The van der Waals surface area contributed by atoms with Crippen molar-refractivity contribution in [1.29, 1.82) is 0 Å². The monoisotopic (exact) mass is 194 g/mol. The highest BCUT2D eigenvalue weighted by Gasteiger charge is 2.19. The highest BCUT2D eigenvalue weighted by Crippen LogP contribution is 2.16. The lowest BCUT2D eigenvalue weighted by atomic mass is 10.1. The van der Waals surface area contributed by atoms with Crippen LogP contribution in [0.15, 0.2) is 6.20 Å². The Balaban J connectivity index is 2.04. The topological polar surface area (TPSA) is 44.0 Å². The van der Waals surface area contributed by atoms with Crippen molar-refractivity contribution in [3.8, 4) is 0 Å². The van der Waals surface area contributed by atoms with Gasteiger partial charge < -0.3 is 15.2 Å². The van der Waals surface area contributed by atoms with Gasteiger partial charge in [0.2, 0.25) is 5.95 Å². The Morgan fingerprint density at radius 2 is 2.50 bits per heavy atom. The van der Waals surface area contributed by atoms with Crippen LogP contribution in [0.2, 0.25) is 0 Å². The van der Waals surface area contributed by atoms with Crippen LogP contribution in [0.4, 0.5) is 5.95 Å². The molecule has 1 aliphatic heterocycles. The maximum atomic E-state index is 4.35. The summed E-state index contributed by atoms with van der Waals surface area (Å²) in [6.45, 7) is 4.21. The summed E-state index contributed by atoms with van der Waals surface area (Å²) in [6.07, 6.45) is 4.40. The molecule has 2 rings (SSSR count). The van der Waals surface area contributed by atoms with Crippen LogP contribution in [0.1, 0.15) is 18.5 Å². The lowest BCUT2D eigenvalue weighted by Gasteiger charge is -2.32. The Kier molecular flexibility index (Phi) is 2.72. The summed E-state index contributed by atoms with van der Waals surface area (Å²) in [5.74, 6) is 1.02. The maximum absolute atomic E-state index is 4.35. The van der Waals surface area contributed by atoms with Crippen LogP contribution < -0.4 is 10.2 Å². The zero-order valence-electron chi connectivity index (χ0n) is 8.88. The number of rotatable bonds is 2. The molecule has 0 radical (unpaired) electrons. The average molecular weight is 194 g/mol. The van der Waals surface area contributed by atoms with Crippen molar-refractivity contribution in [2.24, 2.45) is 0 Å². The molecule has 2 N–H and O–H groups in total. The molecule has 78 valence electrons. The summed E-state index contributed by atoms with van der Waals surface area (Å²) in [5, 5.41) is 3.33. The second kappa shape index (κ2) is 4.00. The summed E-state index contributed by atoms with van der Waals surface area (Å²) in [5.41, 5.74) is 1.13. The summed E-state index contributed by atoms with van der Waals surface area (Å²) in [7, 11) is 2.03. The van der Waals surface area contributed by atoms with Crippen LogP contribution >= 0.6 is 0 Å². The number of H-pyrrole nitrogens is 1. The van der Waals surface area contributed by atoms with Gasteiger partial charge in [-0.05, 0) is 26.8 Å². The summed E-state index contributed by atoms with van der Waals surface area (Å²) in [6, 6.07) is 0.606. The first-order valence-electron chi connectivity index (χ1n) is 5.23. The Hall–Kier alpha value is -1.03. The van der Waals surface area contributed by atoms with Crippen molar-refractivity contribution < 1.29 is 0 Å². The maximum Gasteiger partial charge on any atom is 0.203 e. The minimum absolute atomic E-state index is 0.606. The molecule has 1 atom stereocenters. The first kappa shape index (κ1) is 9.52. The van der Waals surface area contributed by atoms with Crippen molar-refractivity contribution in [3.05, 3.63) is 11.9 Å². The standard InChI is InChI=1S/C10H18N4/c1-8-6-12-10(13-8)14-5-3-4-9(7-14)11-2/h6,9,11H,3-5,7H2,1-2H3,(H,12,13). The molecule has 1 unspecified atom stereocenters. The minimum atomic E-state index is 0.606. The van der Waals surface area contributed by atoms with Gasteiger partial charge in [-0.2, -0.15) is 0 Å². The van der Waals surface area contributed by atoms with Crippen LogP contribution in [0.3, 0.4) is 0 Å². The molecule has 1 fully saturated rings. The summed E-state index contributed by atoms with van der Waals surface area (Å²) >= 11 is 0. The molecule has 14 heavy (non-hydrogen) atoms. The van der Waals surface area contributed by atoms with E-state index in [2.05, 4.69) is 20.2 Å². The number of aryl methyl sites for hydroxylation is 1. The molecule has 0 aliphatic carbocycles. The second-order valence-corrected chi connectivity index (χ2v) is 3.96. The lowest BCUT2D eigenvalue weighted by molar-refractivity contribution is 0.446. The number of hydrogen-bond acceptors (Lipinski definition) is 3. The van der Waals surface area contributed by atoms with E-state index in [-0.39, 0.29) is 0 Å². The smallest absolute Gasteiger partial charge is 0.203 e. The van der Waals surface area contributed by atoms with Gasteiger partial charge in [0.1, 0.15) is 0 Å². The van der Waals surface area contributed by atoms with Crippen LogP contribution in [0, 0.1) is 6.92 Å². The van der Waals surface area contributed by atoms with E-state index in [1.165, 1.54) is 12.8 Å². The van der Waals surface area contributed by atoms with Crippen LogP contribution in [-0.2, 0) is 0 Å². The molecule has 0 bridgehead atoms. The third-order valence-electron chi connectivity index (χ3n) is 2.82. The molecule has 2 heterocycles. The number of likely N-dealkylation sites (N-methyl/N-ethyl adjacent to an activating group) is 1. The molecule has 4 heteroatoms. The van der Waals surface area contributed by atoms with Gasteiger partial charge in [0, 0.05) is 31.0 Å². The molecular formula is C10H18N4. The van der Waals surface area contributed by atoms with E-state index in [0.717, 1.165) is 24.7 Å². The van der Waals surface area contributed by atoms with Gasteiger partial charge in [-0.1, -0.05) is 0 Å². The zero-order chi connectivity index (χ0) is 9.97. The van der Waals surface area contributed by atoms with Crippen molar-refractivity contribution in [1.82, 2.24) is 15.3 Å². The third-order valence-corrected chi connectivity index (χ3v) is 2.82. The van der Waals surface area contributed by atoms with E-state index in [4.69, 9.17) is 0 Å². The van der Waals surface area contributed by atoms with Gasteiger partial charge in [0.25, 0.3) is 0 Å². The fraction of sp³-hybridized carbons (Fsp3) is 0.700. The first-order valence-corrected chi connectivity index (χ1v) is 5.23. The number of aromatic nitrogens is 2. The minimum Gasteiger partial charge on any atom is -0.341 e. The van der Waals surface area contributed by atoms with E-state index in [1.54, 1.807) is 0 Å². The number of imidazole rings is 1. The van der Waals surface area contributed by atoms with Crippen LogP contribution in [0.25, 0.3) is 0 Å². The van der Waals surface area contributed by atoms with Gasteiger partial charge in [0.05, 0.1) is 0 Å². The number of hydrogen-bond donors (Lipinski definition) is 2. The molecular weight excluding hydrogens is 176 g/mol. The van der Waals surface area contributed by atoms with Gasteiger partial charge in [-0.15, -0.1) is 0 Å². The van der Waals surface area contributed by atoms with Crippen molar-refractivity contribution in [2.75, 3.05) is 25.0 Å². The Morgan fingerprint density at radius 1 is 1.64 bits per heavy atom. The van der Waals surface area contributed by atoms with E-state index in [0.29, 0.717) is 6.04 Å². The molecule has 0 amide bonds. The predicted octanol–water partition coefficient (Wildman–Crippen LogP) is 0.906. The van der Waals surface area contributed by atoms with E-state index in [1.807, 2.05) is 20.2 Å². The molecule has 1 aromatic heterocycles. The fourth-order valence-corrected chi connectivity index (χ4v) is 1.96. The lowest BCUT2D eigenvalue weighted by Crippen LogP contribution is -2.44. The number of piperidine rings is 1. The zero-order valence-corrected chi connectivity index (χ0v) is 8.88. The Labute approximate surface area is 84.7 Å². The van der Waals surface area contributed by atoms with Crippen molar-refractivity contribution >= 4 is 5.95 Å². The number of anilines is 1. The molecule has 0 saturated carbocycles. The highest BCUT2D eigenvalue weighted by atomic mass is 15.3. The third kappa shape index (κ3) is 1.90. The molecule has 4 nitrogen and oxygen atoms in total. The van der Waals surface area contributed by atoms with Gasteiger partial charge >= 0.3 is 0 Å². The largest absolute Gasteiger partial charge is 0.341 e. The van der Waals surface area contributed by atoms with Crippen LogP contribution in [0.5, 0.6) is 0 Å². The predicted molar refractivity (Wildman–Crippen MR) is 57.6 cm³/mol. The van der Waals surface area contributed by atoms with E-state index in [9.17, 15) is 0 Å². The van der Waals surface area contributed by atoms with E-state index >= 15 is 0 Å². The molecule has 1 aliphatic rings. The van der Waals surface area contributed by atoms with Gasteiger partial charge in [-0.25, -0.2) is 4.98 Å². The molecule has 0 aromatic carbocycles. The van der Waals surface area contributed by atoms with Gasteiger partial charge in [0.15, 0.2) is 0 Å². The fourth-order valence-electron chi connectivity index (χ4n) is 1.96. The Morgan fingerprint density at radius 3 is 3.14 bits per heavy atom. The molecule has 0 spiro atoms. The van der Waals surface area contributed by atoms with Crippen molar-refractivity contribution in [2.45, 2.75) is 25.8 Å². The van der Waals surface area contributed by atoms with Crippen LogP contribution in [-0.4, -0.2) is 36.1 Å². The number of aromatic amines is 1. The number of nitrogens with one attached hydrogen (secondary N) is 2. The molecule has 1 saturated heterocycles. The second-order valence-electron chi connectivity index (χ2n) is 3.96. The SMILES string of the molecule is CNC1CCCN(c2ncc(C)[nH]2)C1. The Bertz CT molecular complexity index is 294. The normalized spacial score (nSPS) is 22.7. The average Bonchev–Trinajstić information content (AvgIpc) is 2.65. The van der Waals surface area contributed by atoms with Gasteiger partial charge in [-0.3, -0.25) is 0 Å². The first-order chi connectivity index (χ1) is 6.79. The summed E-state index contributed by atoms with van der Waals surface area (Å²) < 4.78 is 0. The molecule has 1 aromatic rings.